The highest BCUT2D eigenvalue weighted by Crippen LogP contribution is 2.13. The van der Waals surface area contributed by atoms with Crippen LogP contribution in [0.3, 0.4) is 0 Å². The van der Waals surface area contributed by atoms with E-state index in [4.69, 9.17) is 9.84 Å². The first-order chi connectivity index (χ1) is 5.72. The molecule has 0 saturated carbocycles. The number of ether oxygens (including phenoxy) is 1. The Hall–Kier alpha value is -0.940. The van der Waals surface area contributed by atoms with Crippen LogP contribution in [0.25, 0.3) is 0 Å². The summed E-state index contributed by atoms with van der Waals surface area (Å²) in [5.74, 6) is -0.831. The van der Waals surface area contributed by atoms with E-state index in [-0.39, 0.29) is 6.42 Å². The fraction of sp³-hybridized carbons (Fsp3) is 0.429. The van der Waals surface area contributed by atoms with Gasteiger partial charge in [0.1, 0.15) is 5.01 Å². The van der Waals surface area contributed by atoms with Gasteiger partial charge in [0.05, 0.1) is 13.0 Å². The SMILES string of the molecule is COCc1ncc(CC(=O)O)s1. The molecular formula is C7H9NO3S. The highest BCUT2D eigenvalue weighted by atomic mass is 32.1. The predicted molar refractivity (Wildman–Crippen MR) is 44.2 cm³/mol. The average molecular weight is 187 g/mol. The zero-order valence-electron chi connectivity index (χ0n) is 6.61. The van der Waals surface area contributed by atoms with Crippen LogP contribution in [0.4, 0.5) is 0 Å². The van der Waals surface area contributed by atoms with Crippen LogP contribution in [0.2, 0.25) is 0 Å². The van der Waals surface area contributed by atoms with Crippen molar-refractivity contribution in [3.8, 4) is 0 Å². The third-order valence-electron chi connectivity index (χ3n) is 1.19. The minimum atomic E-state index is -0.831. The third-order valence-corrected chi connectivity index (χ3v) is 2.17. The average Bonchev–Trinajstić information content (AvgIpc) is 2.36. The number of carboxylic acids is 1. The van der Waals surface area contributed by atoms with Gasteiger partial charge in [-0.2, -0.15) is 0 Å². The molecule has 1 heterocycles. The summed E-state index contributed by atoms with van der Waals surface area (Å²) in [6, 6.07) is 0. The van der Waals surface area contributed by atoms with Gasteiger partial charge in [-0.3, -0.25) is 4.79 Å². The van der Waals surface area contributed by atoms with Crippen molar-refractivity contribution in [1.29, 1.82) is 0 Å². The normalized spacial score (nSPS) is 10.1. The van der Waals surface area contributed by atoms with Crippen molar-refractivity contribution < 1.29 is 14.6 Å². The standard InChI is InChI=1S/C7H9NO3S/c1-11-4-6-8-3-5(12-6)2-7(9)10/h3H,2,4H2,1H3,(H,9,10). The van der Waals surface area contributed by atoms with E-state index in [1.54, 1.807) is 13.3 Å². The molecule has 0 aliphatic rings. The Kier molecular flexibility index (Phi) is 3.19. The Morgan fingerprint density at radius 3 is 3.17 bits per heavy atom. The first kappa shape index (κ1) is 9.15. The van der Waals surface area contributed by atoms with Crippen LogP contribution in [0.15, 0.2) is 6.20 Å². The fourth-order valence-electron chi connectivity index (χ4n) is 0.769. The Morgan fingerprint density at radius 1 is 1.83 bits per heavy atom. The molecule has 0 aromatic carbocycles. The van der Waals surface area contributed by atoms with Crippen molar-refractivity contribution in [2.75, 3.05) is 7.11 Å². The van der Waals surface area contributed by atoms with Gasteiger partial charge in [-0.15, -0.1) is 11.3 Å². The lowest BCUT2D eigenvalue weighted by molar-refractivity contribution is -0.136. The number of aliphatic carboxylic acids is 1. The Bertz CT molecular complexity index is 271. The third kappa shape index (κ3) is 2.60. The highest BCUT2D eigenvalue weighted by Gasteiger charge is 2.04. The molecule has 0 fully saturated rings. The number of rotatable bonds is 4. The molecule has 1 rings (SSSR count). The molecule has 1 aromatic rings. The van der Waals surface area contributed by atoms with Crippen LogP contribution >= 0.6 is 11.3 Å². The minimum Gasteiger partial charge on any atom is -0.481 e. The van der Waals surface area contributed by atoms with Crippen LogP contribution in [-0.4, -0.2) is 23.2 Å². The van der Waals surface area contributed by atoms with Crippen molar-refractivity contribution in [2.24, 2.45) is 0 Å². The van der Waals surface area contributed by atoms with Crippen LogP contribution in [0.1, 0.15) is 9.88 Å². The van der Waals surface area contributed by atoms with E-state index >= 15 is 0 Å². The molecule has 4 nitrogen and oxygen atoms in total. The second kappa shape index (κ2) is 4.18. The molecule has 66 valence electrons. The van der Waals surface area contributed by atoms with E-state index in [2.05, 4.69) is 4.98 Å². The second-order valence-corrected chi connectivity index (χ2v) is 3.42. The Labute approximate surface area is 73.8 Å². The number of methoxy groups -OCH3 is 1. The van der Waals surface area contributed by atoms with E-state index in [1.165, 1.54) is 11.3 Å². The van der Waals surface area contributed by atoms with Crippen molar-refractivity contribution in [1.82, 2.24) is 4.98 Å². The van der Waals surface area contributed by atoms with Gasteiger partial charge >= 0.3 is 5.97 Å². The van der Waals surface area contributed by atoms with Gasteiger partial charge in [-0.05, 0) is 0 Å². The van der Waals surface area contributed by atoms with Gasteiger partial charge in [-0.1, -0.05) is 0 Å². The fourth-order valence-corrected chi connectivity index (χ4v) is 1.65. The molecule has 5 heteroatoms. The number of aromatic nitrogens is 1. The first-order valence-corrected chi connectivity index (χ1v) is 4.18. The summed E-state index contributed by atoms with van der Waals surface area (Å²) in [7, 11) is 1.58. The molecular weight excluding hydrogens is 178 g/mol. The van der Waals surface area contributed by atoms with Crippen molar-refractivity contribution in [3.63, 3.8) is 0 Å². The maximum Gasteiger partial charge on any atom is 0.308 e. The smallest absolute Gasteiger partial charge is 0.308 e. The zero-order valence-corrected chi connectivity index (χ0v) is 7.43. The quantitative estimate of drug-likeness (QED) is 0.761. The summed E-state index contributed by atoms with van der Waals surface area (Å²) in [6.45, 7) is 0.449. The number of carboxylic acid groups (broad SMARTS) is 1. The Morgan fingerprint density at radius 2 is 2.58 bits per heavy atom. The lowest BCUT2D eigenvalue weighted by Crippen LogP contribution is -1.97. The van der Waals surface area contributed by atoms with Gasteiger partial charge in [0.15, 0.2) is 0 Å². The molecule has 0 atom stereocenters. The van der Waals surface area contributed by atoms with Gasteiger partial charge in [0.2, 0.25) is 0 Å². The van der Waals surface area contributed by atoms with E-state index in [0.29, 0.717) is 6.61 Å². The summed E-state index contributed by atoms with van der Waals surface area (Å²) in [4.78, 5) is 15.0. The molecule has 12 heavy (non-hydrogen) atoms. The predicted octanol–water partition coefficient (Wildman–Crippen LogP) is 0.917. The molecule has 0 unspecified atom stereocenters. The number of nitrogens with zero attached hydrogens (tertiary/aromatic N) is 1. The van der Waals surface area contributed by atoms with Crippen molar-refractivity contribution in [3.05, 3.63) is 16.1 Å². The largest absolute Gasteiger partial charge is 0.481 e. The molecule has 0 aliphatic heterocycles. The van der Waals surface area contributed by atoms with Crippen molar-refractivity contribution in [2.45, 2.75) is 13.0 Å². The van der Waals surface area contributed by atoms with Crippen LogP contribution in [-0.2, 0) is 22.6 Å². The maximum atomic E-state index is 10.3. The summed E-state index contributed by atoms with van der Waals surface area (Å²) in [6.07, 6.45) is 1.62. The number of hydrogen-bond donors (Lipinski definition) is 1. The topological polar surface area (TPSA) is 59.4 Å². The maximum absolute atomic E-state index is 10.3. The lowest BCUT2D eigenvalue weighted by Gasteiger charge is -1.89. The van der Waals surface area contributed by atoms with Crippen LogP contribution < -0.4 is 0 Å². The van der Waals surface area contributed by atoms with Gasteiger partial charge in [0.25, 0.3) is 0 Å². The molecule has 0 radical (unpaired) electrons. The van der Waals surface area contributed by atoms with E-state index < -0.39 is 5.97 Å². The van der Waals surface area contributed by atoms with Gasteiger partial charge < -0.3 is 9.84 Å². The van der Waals surface area contributed by atoms with Gasteiger partial charge in [-0.25, -0.2) is 4.98 Å². The minimum absolute atomic E-state index is 0.0430. The number of carbonyl (C=O) groups is 1. The molecule has 0 bridgehead atoms. The monoisotopic (exact) mass is 187 g/mol. The van der Waals surface area contributed by atoms with E-state index in [1.807, 2.05) is 0 Å². The lowest BCUT2D eigenvalue weighted by atomic mass is 10.4. The molecule has 0 saturated heterocycles. The van der Waals surface area contributed by atoms with Crippen LogP contribution in [0, 0.1) is 0 Å². The van der Waals surface area contributed by atoms with E-state index in [0.717, 1.165) is 9.88 Å². The Balaban J connectivity index is 2.58. The number of thiazole rings is 1. The second-order valence-electron chi connectivity index (χ2n) is 2.22. The summed E-state index contributed by atoms with van der Waals surface area (Å²) < 4.78 is 4.85. The summed E-state index contributed by atoms with van der Waals surface area (Å²) in [5.41, 5.74) is 0. The van der Waals surface area contributed by atoms with Gasteiger partial charge in [0, 0.05) is 18.2 Å². The van der Waals surface area contributed by atoms with Crippen LogP contribution in [0.5, 0.6) is 0 Å². The molecule has 1 aromatic heterocycles. The summed E-state index contributed by atoms with van der Waals surface area (Å²) in [5, 5.41) is 9.27. The zero-order chi connectivity index (χ0) is 8.97. The highest BCUT2D eigenvalue weighted by molar-refractivity contribution is 7.11. The summed E-state index contributed by atoms with van der Waals surface area (Å²) >= 11 is 1.37. The van der Waals surface area contributed by atoms with Crippen molar-refractivity contribution >= 4 is 17.3 Å². The number of hydrogen-bond acceptors (Lipinski definition) is 4. The molecule has 0 amide bonds. The first-order valence-electron chi connectivity index (χ1n) is 3.36. The molecule has 0 spiro atoms. The molecule has 0 aliphatic carbocycles. The molecule has 1 N–H and O–H groups in total. The van der Waals surface area contributed by atoms with E-state index in [9.17, 15) is 4.79 Å².